The van der Waals surface area contributed by atoms with E-state index >= 15 is 0 Å². The summed E-state index contributed by atoms with van der Waals surface area (Å²) < 4.78 is 7.15. The second-order valence-electron chi connectivity index (χ2n) is 18.6. The third-order valence-electron chi connectivity index (χ3n) is 14.7. The zero-order chi connectivity index (χ0) is 30.8. The van der Waals surface area contributed by atoms with Crippen LogP contribution in [0.2, 0.25) is 36.3 Å². The van der Waals surface area contributed by atoms with Gasteiger partial charge in [0.15, 0.2) is 16.6 Å². The monoisotopic (exact) mass is 604 g/mol. The fourth-order valence-corrected chi connectivity index (χ4v) is 12.8. The van der Waals surface area contributed by atoms with Gasteiger partial charge in [-0.1, -0.05) is 67.5 Å². The van der Waals surface area contributed by atoms with Gasteiger partial charge in [-0.3, -0.25) is 0 Å². The molecule has 4 saturated carbocycles. The summed E-state index contributed by atoms with van der Waals surface area (Å²) in [6.07, 6.45) is 16.5. The van der Waals surface area contributed by atoms with Gasteiger partial charge in [0.05, 0.1) is 6.61 Å². The molecule has 0 bridgehead atoms. The van der Waals surface area contributed by atoms with E-state index in [2.05, 4.69) is 87.7 Å². The van der Waals surface area contributed by atoms with Crippen molar-refractivity contribution in [2.75, 3.05) is 6.61 Å². The maximum atomic E-state index is 11.4. The maximum absolute atomic E-state index is 11.4. The van der Waals surface area contributed by atoms with Crippen LogP contribution in [0.15, 0.2) is 12.2 Å². The molecule has 3 nitrogen and oxygen atoms in total. The van der Waals surface area contributed by atoms with Gasteiger partial charge in [0, 0.05) is 6.10 Å². The van der Waals surface area contributed by atoms with Gasteiger partial charge in [-0.05, 0) is 146 Å². The van der Waals surface area contributed by atoms with Crippen LogP contribution in [0.1, 0.15) is 113 Å². The molecule has 4 aliphatic rings. The number of hydrogen-bond donors (Lipinski definition) is 2. The molecule has 10 atom stereocenters. The Labute approximate surface area is 257 Å². The van der Waals surface area contributed by atoms with E-state index in [1.54, 1.807) is 0 Å². The van der Waals surface area contributed by atoms with Crippen LogP contribution >= 0.6 is 0 Å². The molecule has 5 heteroatoms. The molecule has 4 rings (SSSR count). The van der Waals surface area contributed by atoms with Crippen molar-refractivity contribution < 1.29 is 14.3 Å². The van der Waals surface area contributed by atoms with Crippen LogP contribution in [0, 0.1) is 52.3 Å². The van der Waals surface area contributed by atoms with Gasteiger partial charge < -0.3 is 14.3 Å². The van der Waals surface area contributed by atoms with Gasteiger partial charge >= 0.3 is 0 Å². The number of rotatable bonds is 8. The molecule has 0 amide bonds. The highest BCUT2D eigenvalue weighted by Crippen LogP contribution is 2.70. The normalized spacial score (nSPS) is 41.2. The second-order valence-corrected chi connectivity index (χ2v) is 27.8. The fourth-order valence-electron chi connectivity index (χ4n) is 10.6. The molecule has 4 fully saturated rings. The Balaban J connectivity index is 1.66. The summed E-state index contributed by atoms with van der Waals surface area (Å²) in [4.78, 5) is 11.4. The van der Waals surface area contributed by atoms with Gasteiger partial charge in [0.2, 0.25) is 0 Å². The van der Waals surface area contributed by atoms with Gasteiger partial charge in [-0.15, -0.1) is 0 Å². The standard InChI is InChI=1S/C36H68O3Si2/c1-25(14-13-21-37)29-15-16-30-28-22-26(24-34(5,6)40(9,10)38)32-23-27(39-41(11,12)33(2,3)4)17-19-36(32,8)31(28)18-20-35(29,30)7/h13-14,25-32,37-38H,15-24H2,1-12H3/b14-13+/t25-,26-,27-,28?,29-,30?,31?,32+,35-,36-/m1/s1. The summed E-state index contributed by atoms with van der Waals surface area (Å²) in [6, 6.07) is 0. The van der Waals surface area contributed by atoms with Crippen molar-refractivity contribution in [3.05, 3.63) is 12.2 Å². The third-order valence-corrected chi connectivity index (χ3v) is 22.8. The molecule has 0 saturated heterocycles. The molecular formula is C36H68O3Si2. The summed E-state index contributed by atoms with van der Waals surface area (Å²) >= 11 is 0. The Morgan fingerprint density at radius 1 is 0.878 bits per heavy atom. The predicted octanol–water partition coefficient (Wildman–Crippen LogP) is 9.81. The van der Waals surface area contributed by atoms with E-state index < -0.39 is 16.6 Å². The summed E-state index contributed by atoms with van der Waals surface area (Å²) in [5.41, 5.74) is 0.803. The van der Waals surface area contributed by atoms with Crippen molar-refractivity contribution in [1.82, 2.24) is 0 Å². The van der Waals surface area contributed by atoms with Crippen molar-refractivity contribution in [2.45, 2.75) is 156 Å². The Bertz CT molecular complexity index is 945. The molecule has 0 aliphatic heterocycles. The first-order chi connectivity index (χ1) is 18.7. The van der Waals surface area contributed by atoms with Gasteiger partial charge in [0.1, 0.15) is 0 Å². The zero-order valence-electron chi connectivity index (χ0n) is 29.1. The topological polar surface area (TPSA) is 49.7 Å². The lowest BCUT2D eigenvalue weighted by Gasteiger charge is -2.64. The molecule has 0 aromatic carbocycles. The molecule has 0 aromatic rings. The Morgan fingerprint density at radius 3 is 2.07 bits per heavy atom. The highest BCUT2D eigenvalue weighted by Gasteiger charge is 2.63. The van der Waals surface area contributed by atoms with Crippen LogP contribution in [0.4, 0.5) is 0 Å². The van der Waals surface area contributed by atoms with E-state index in [-0.39, 0.29) is 16.7 Å². The first-order valence-corrected chi connectivity index (χ1v) is 23.2. The summed E-state index contributed by atoms with van der Waals surface area (Å²) in [5, 5.41) is 9.70. The quantitative estimate of drug-likeness (QED) is 0.214. The van der Waals surface area contributed by atoms with Crippen molar-refractivity contribution in [3.8, 4) is 0 Å². The summed E-state index contributed by atoms with van der Waals surface area (Å²) in [6.45, 7) is 29.0. The third kappa shape index (κ3) is 6.16. The van der Waals surface area contributed by atoms with Crippen LogP contribution in [0.5, 0.6) is 0 Å². The SMILES string of the molecule is C[C@H](/C=C/CO)[C@H]1CCC2C3C[C@H](CC(C)(C)[Si](C)(C)O)[C@@H]4C[C@H](O[Si](C)(C)C(C)(C)C)CC[C@]4(C)C3CC[C@@]21C. The van der Waals surface area contributed by atoms with Crippen LogP contribution in [-0.4, -0.2) is 39.2 Å². The Kier molecular flexibility index (Phi) is 9.47. The first-order valence-electron chi connectivity index (χ1n) is 17.4. The van der Waals surface area contributed by atoms with Crippen molar-refractivity contribution in [2.24, 2.45) is 52.3 Å². The average molecular weight is 605 g/mol. The fraction of sp³-hybridized carbons (Fsp3) is 0.944. The van der Waals surface area contributed by atoms with Crippen molar-refractivity contribution in [3.63, 3.8) is 0 Å². The predicted molar refractivity (Wildman–Crippen MR) is 180 cm³/mol. The molecule has 4 aliphatic carbocycles. The lowest BCUT2D eigenvalue weighted by Crippen LogP contribution is -2.58. The minimum atomic E-state index is -2.31. The van der Waals surface area contributed by atoms with Crippen LogP contribution in [0.25, 0.3) is 0 Å². The molecule has 238 valence electrons. The lowest BCUT2D eigenvalue weighted by atomic mass is 9.42. The number of aliphatic hydroxyl groups is 1. The van der Waals surface area contributed by atoms with E-state index in [0.29, 0.717) is 34.7 Å². The van der Waals surface area contributed by atoms with Crippen molar-refractivity contribution >= 4 is 16.6 Å². The van der Waals surface area contributed by atoms with Gasteiger partial charge in [0.25, 0.3) is 0 Å². The number of fused-ring (bicyclic) bond motifs is 5. The van der Waals surface area contributed by atoms with Crippen LogP contribution in [0.3, 0.4) is 0 Å². The summed E-state index contributed by atoms with van der Waals surface area (Å²) in [7, 11) is -4.12. The largest absolute Gasteiger partial charge is 0.432 e. The Hall–Kier alpha value is 0.0538. The maximum Gasteiger partial charge on any atom is 0.192 e. The minimum Gasteiger partial charge on any atom is -0.432 e. The van der Waals surface area contributed by atoms with E-state index in [0.717, 1.165) is 23.7 Å². The van der Waals surface area contributed by atoms with Gasteiger partial charge in [-0.2, -0.15) is 0 Å². The first kappa shape index (κ1) is 33.9. The molecule has 0 aromatic heterocycles. The molecule has 3 unspecified atom stereocenters. The van der Waals surface area contributed by atoms with Crippen molar-refractivity contribution in [1.29, 1.82) is 0 Å². The lowest BCUT2D eigenvalue weighted by molar-refractivity contribution is -0.152. The zero-order valence-corrected chi connectivity index (χ0v) is 31.1. The molecule has 0 spiro atoms. The molecule has 0 radical (unpaired) electrons. The van der Waals surface area contributed by atoms with Gasteiger partial charge in [-0.25, -0.2) is 0 Å². The smallest absolute Gasteiger partial charge is 0.192 e. The number of allylic oxidation sites excluding steroid dienone is 1. The second kappa shape index (κ2) is 11.4. The average Bonchev–Trinajstić information content (AvgIpc) is 3.19. The van der Waals surface area contributed by atoms with Crippen LogP contribution in [-0.2, 0) is 4.43 Å². The number of hydrogen-bond acceptors (Lipinski definition) is 3. The van der Waals surface area contributed by atoms with E-state index in [4.69, 9.17) is 4.43 Å². The van der Waals surface area contributed by atoms with E-state index in [1.807, 2.05) is 6.08 Å². The molecule has 2 N–H and O–H groups in total. The highest BCUT2D eigenvalue weighted by atomic mass is 28.4. The molecule has 0 heterocycles. The van der Waals surface area contributed by atoms with E-state index in [1.165, 1.54) is 57.8 Å². The minimum absolute atomic E-state index is 0.0123. The molecular weight excluding hydrogens is 537 g/mol. The van der Waals surface area contributed by atoms with Crippen LogP contribution < -0.4 is 0 Å². The number of aliphatic hydroxyl groups excluding tert-OH is 1. The summed E-state index contributed by atoms with van der Waals surface area (Å²) in [5.74, 6) is 5.12. The van der Waals surface area contributed by atoms with E-state index in [9.17, 15) is 9.90 Å². The molecule has 41 heavy (non-hydrogen) atoms. The Morgan fingerprint density at radius 2 is 1.49 bits per heavy atom. The highest BCUT2D eigenvalue weighted by molar-refractivity contribution is 6.74.